The van der Waals surface area contributed by atoms with E-state index in [4.69, 9.17) is 4.74 Å². The van der Waals surface area contributed by atoms with Crippen molar-refractivity contribution < 1.29 is 9.66 Å². The smallest absolute Gasteiger partial charge is 0.373 e. The molecule has 0 atom stereocenters. The molecular weight excluding hydrogens is 274 g/mol. The van der Waals surface area contributed by atoms with Crippen molar-refractivity contribution in [1.82, 2.24) is 15.0 Å². The number of anilines is 1. The van der Waals surface area contributed by atoms with Crippen LogP contribution in [0.3, 0.4) is 0 Å². The molecule has 0 radical (unpaired) electrons. The molecule has 0 fully saturated rings. The van der Waals surface area contributed by atoms with Crippen LogP contribution in [0.15, 0.2) is 30.9 Å². The largest absolute Gasteiger partial charge is 0.432 e. The molecule has 2 rings (SSSR count). The summed E-state index contributed by atoms with van der Waals surface area (Å²) in [5.41, 5.74) is -0.245. The van der Waals surface area contributed by atoms with Gasteiger partial charge in [0.2, 0.25) is 5.82 Å². The number of pyridine rings is 1. The van der Waals surface area contributed by atoms with Gasteiger partial charge in [0, 0.05) is 19.3 Å². The molecule has 0 saturated heterocycles. The van der Waals surface area contributed by atoms with E-state index in [0.717, 1.165) is 0 Å². The molecule has 0 amide bonds. The van der Waals surface area contributed by atoms with Crippen LogP contribution in [0, 0.1) is 10.1 Å². The van der Waals surface area contributed by atoms with Crippen LogP contribution in [0.1, 0.15) is 13.8 Å². The Bertz CT molecular complexity index is 616. The summed E-state index contributed by atoms with van der Waals surface area (Å²) >= 11 is 0. The average molecular weight is 289 g/mol. The highest BCUT2D eigenvalue weighted by molar-refractivity contribution is 5.63. The maximum absolute atomic E-state index is 11.4. The third-order valence-corrected chi connectivity index (χ3v) is 2.86. The number of aromatic nitrogens is 3. The summed E-state index contributed by atoms with van der Waals surface area (Å²) in [4.78, 5) is 24.4. The van der Waals surface area contributed by atoms with E-state index in [1.807, 2.05) is 13.8 Å². The lowest BCUT2D eigenvalue weighted by Gasteiger charge is -2.19. The number of nitro groups is 1. The van der Waals surface area contributed by atoms with Crippen LogP contribution in [0.2, 0.25) is 0 Å². The van der Waals surface area contributed by atoms with Gasteiger partial charge in [-0.25, -0.2) is 4.98 Å². The molecule has 0 aromatic carbocycles. The maximum Gasteiger partial charge on any atom is 0.373 e. The normalized spacial score (nSPS) is 10.2. The summed E-state index contributed by atoms with van der Waals surface area (Å²) in [6, 6.07) is 3.32. The lowest BCUT2D eigenvalue weighted by atomic mass is 10.4. The van der Waals surface area contributed by atoms with E-state index >= 15 is 0 Å². The Balaban J connectivity index is 2.46. The van der Waals surface area contributed by atoms with Gasteiger partial charge in [-0.15, -0.1) is 0 Å². The van der Waals surface area contributed by atoms with Gasteiger partial charge in [-0.1, -0.05) is 0 Å². The Morgan fingerprint density at radius 2 is 2.10 bits per heavy atom. The van der Waals surface area contributed by atoms with Crippen molar-refractivity contribution in [2.45, 2.75) is 13.8 Å². The van der Waals surface area contributed by atoms with E-state index in [9.17, 15) is 10.1 Å². The zero-order valence-electron chi connectivity index (χ0n) is 11.8. The van der Waals surface area contributed by atoms with Crippen molar-refractivity contribution in [3.05, 3.63) is 41.0 Å². The molecule has 2 aromatic rings. The topological polar surface area (TPSA) is 94.3 Å². The zero-order valence-corrected chi connectivity index (χ0v) is 11.8. The van der Waals surface area contributed by atoms with E-state index in [1.54, 1.807) is 23.2 Å². The molecule has 0 aliphatic carbocycles. The first-order chi connectivity index (χ1) is 10.2. The highest BCUT2D eigenvalue weighted by Crippen LogP contribution is 2.35. The molecular formula is C13H15N5O3. The number of hydrogen-bond acceptors (Lipinski definition) is 7. The van der Waals surface area contributed by atoms with Gasteiger partial charge in [0.25, 0.3) is 0 Å². The molecule has 8 heteroatoms. The van der Waals surface area contributed by atoms with Gasteiger partial charge in [0.1, 0.15) is 12.1 Å². The highest BCUT2D eigenvalue weighted by Gasteiger charge is 2.27. The van der Waals surface area contributed by atoms with Gasteiger partial charge in [-0.3, -0.25) is 15.1 Å². The quantitative estimate of drug-likeness (QED) is 0.595. The molecule has 2 aromatic heterocycles. The van der Waals surface area contributed by atoms with Crippen molar-refractivity contribution in [2.24, 2.45) is 0 Å². The summed E-state index contributed by atoms with van der Waals surface area (Å²) in [6.07, 6.45) is 4.30. The summed E-state index contributed by atoms with van der Waals surface area (Å²) in [5, 5.41) is 11.4. The predicted molar refractivity (Wildman–Crippen MR) is 76.6 cm³/mol. The summed E-state index contributed by atoms with van der Waals surface area (Å²) in [7, 11) is 0. The average Bonchev–Trinajstić information content (AvgIpc) is 2.49. The third kappa shape index (κ3) is 3.22. The molecule has 110 valence electrons. The molecule has 0 spiro atoms. The number of ether oxygens (including phenoxy) is 1. The molecule has 0 saturated carbocycles. The van der Waals surface area contributed by atoms with Crippen molar-refractivity contribution in [1.29, 1.82) is 0 Å². The van der Waals surface area contributed by atoms with Crippen LogP contribution in [-0.2, 0) is 0 Å². The minimum Gasteiger partial charge on any atom is -0.432 e. The first-order valence-electron chi connectivity index (χ1n) is 6.49. The van der Waals surface area contributed by atoms with Crippen molar-refractivity contribution in [2.75, 3.05) is 18.0 Å². The Kier molecular flexibility index (Phi) is 4.60. The summed E-state index contributed by atoms with van der Waals surface area (Å²) in [5.74, 6) is 0.536. The second-order valence-corrected chi connectivity index (χ2v) is 4.07. The fraction of sp³-hybridized carbons (Fsp3) is 0.308. The lowest BCUT2D eigenvalue weighted by molar-refractivity contribution is -0.385. The standard InChI is InChI=1S/C13H15N5O3/c1-3-17(4-2)12-11(18(19)20)13(16-9-15-12)21-10-6-5-7-14-8-10/h5-9H,3-4H2,1-2H3. The minimum atomic E-state index is -0.528. The molecule has 0 aliphatic heterocycles. The van der Waals surface area contributed by atoms with Gasteiger partial charge in [0.15, 0.2) is 0 Å². The van der Waals surface area contributed by atoms with E-state index in [2.05, 4.69) is 15.0 Å². The summed E-state index contributed by atoms with van der Waals surface area (Å²) < 4.78 is 5.47. The summed E-state index contributed by atoms with van der Waals surface area (Å²) in [6.45, 7) is 5.00. The number of rotatable bonds is 6. The van der Waals surface area contributed by atoms with Crippen molar-refractivity contribution >= 4 is 11.5 Å². The van der Waals surface area contributed by atoms with Gasteiger partial charge in [-0.2, -0.15) is 4.98 Å². The second-order valence-electron chi connectivity index (χ2n) is 4.07. The van der Waals surface area contributed by atoms with E-state index in [-0.39, 0.29) is 17.4 Å². The Morgan fingerprint density at radius 3 is 2.67 bits per heavy atom. The predicted octanol–water partition coefficient (Wildman–Crippen LogP) is 2.42. The van der Waals surface area contributed by atoms with Crippen LogP contribution in [-0.4, -0.2) is 33.0 Å². The SMILES string of the molecule is CCN(CC)c1ncnc(Oc2cccnc2)c1[N+](=O)[O-]. The third-order valence-electron chi connectivity index (χ3n) is 2.86. The molecule has 0 aliphatic rings. The van der Waals surface area contributed by atoms with E-state index < -0.39 is 4.92 Å². The van der Waals surface area contributed by atoms with Crippen LogP contribution >= 0.6 is 0 Å². The lowest BCUT2D eigenvalue weighted by Crippen LogP contribution is -2.24. The van der Waals surface area contributed by atoms with Crippen LogP contribution < -0.4 is 9.64 Å². The highest BCUT2D eigenvalue weighted by atomic mass is 16.6. The van der Waals surface area contributed by atoms with Gasteiger partial charge in [0.05, 0.1) is 11.1 Å². The maximum atomic E-state index is 11.4. The van der Waals surface area contributed by atoms with Crippen molar-refractivity contribution in [3.8, 4) is 11.6 Å². The molecule has 2 heterocycles. The van der Waals surface area contributed by atoms with Crippen molar-refractivity contribution in [3.63, 3.8) is 0 Å². The van der Waals surface area contributed by atoms with Crippen LogP contribution in [0.25, 0.3) is 0 Å². The van der Waals surface area contributed by atoms with Gasteiger partial charge < -0.3 is 9.64 Å². The zero-order chi connectivity index (χ0) is 15.2. The van der Waals surface area contributed by atoms with E-state index in [0.29, 0.717) is 18.8 Å². The number of hydrogen-bond donors (Lipinski definition) is 0. The van der Waals surface area contributed by atoms with E-state index in [1.165, 1.54) is 12.5 Å². The molecule has 0 N–H and O–H groups in total. The molecule has 0 unspecified atom stereocenters. The van der Waals surface area contributed by atoms with Crippen LogP contribution in [0.4, 0.5) is 11.5 Å². The minimum absolute atomic E-state index is 0.0927. The second kappa shape index (κ2) is 6.60. The first kappa shape index (κ1) is 14.6. The Hall–Kier alpha value is -2.77. The fourth-order valence-corrected chi connectivity index (χ4v) is 1.86. The van der Waals surface area contributed by atoms with Gasteiger partial charge in [-0.05, 0) is 26.0 Å². The fourth-order valence-electron chi connectivity index (χ4n) is 1.86. The molecule has 8 nitrogen and oxygen atoms in total. The number of nitrogens with zero attached hydrogens (tertiary/aromatic N) is 5. The first-order valence-corrected chi connectivity index (χ1v) is 6.49. The monoisotopic (exact) mass is 289 g/mol. The van der Waals surface area contributed by atoms with Gasteiger partial charge >= 0.3 is 11.6 Å². The Labute approximate surface area is 121 Å². The van der Waals surface area contributed by atoms with Crippen LogP contribution in [0.5, 0.6) is 11.6 Å². The molecule has 21 heavy (non-hydrogen) atoms. The molecule has 0 bridgehead atoms. The Morgan fingerprint density at radius 1 is 1.33 bits per heavy atom.